The molecule has 1 fully saturated rings. The minimum Gasteiger partial charge on any atom is -0.326 e. The zero-order valence-corrected chi connectivity index (χ0v) is 8.74. The van der Waals surface area contributed by atoms with E-state index in [1.807, 2.05) is 30.3 Å². The lowest BCUT2D eigenvalue weighted by atomic mass is 10.1. The van der Waals surface area contributed by atoms with Gasteiger partial charge in [-0.2, -0.15) is 0 Å². The predicted octanol–water partition coefficient (Wildman–Crippen LogP) is 0.524. The summed E-state index contributed by atoms with van der Waals surface area (Å²) < 4.78 is 22.6. The molecule has 1 aliphatic rings. The van der Waals surface area contributed by atoms with E-state index in [2.05, 4.69) is 0 Å². The maximum Gasteiger partial charge on any atom is 0.152 e. The molecular weight excluding hydrogens is 198 g/mol. The van der Waals surface area contributed by atoms with Crippen LogP contribution in [0, 0.1) is 0 Å². The molecule has 0 saturated heterocycles. The maximum absolute atomic E-state index is 11.3. The Morgan fingerprint density at radius 3 is 2.21 bits per heavy atom. The van der Waals surface area contributed by atoms with Crippen LogP contribution in [0.2, 0.25) is 0 Å². The Balaban J connectivity index is 2.26. The molecule has 2 rings (SSSR count). The van der Waals surface area contributed by atoms with Gasteiger partial charge in [-0.3, -0.25) is 0 Å². The average Bonchev–Trinajstić information content (AvgIpc) is 2.78. The van der Waals surface area contributed by atoms with Crippen LogP contribution in [0.1, 0.15) is 11.5 Å². The minimum atomic E-state index is -3.00. The number of hydrogen-bond donors (Lipinski definition) is 1. The van der Waals surface area contributed by atoms with Crippen molar-refractivity contribution in [2.24, 2.45) is 5.73 Å². The molecule has 4 heteroatoms. The van der Waals surface area contributed by atoms with Crippen molar-refractivity contribution in [2.45, 2.75) is 17.2 Å². The lowest BCUT2D eigenvalue weighted by Crippen LogP contribution is -2.13. The Morgan fingerprint density at radius 2 is 1.79 bits per heavy atom. The molecule has 0 radical (unpaired) electrons. The fourth-order valence-corrected chi connectivity index (χ4v) is 3.46. The zero-order chi connectivity index (χ0) is 10.3. The van der Waals surface area contributed by atoms with Crippen LogP contribution in [0.3, 0.4) is 0 Å². The molecule has 14 heavy (non-hydrogen) atoms. The van der Waals surface area contributed by atoms with E-state index < -0.39 is 9.84 Å². The van der Waals surface area contributed by atoms with Crippen molar-refractivity contribution in [1.82, 2.24) is 0 Å². The molecule has 1 aromatic rings. The monoisotopic (exact) mass is 211 g/mol. The van der Waals surface area contributed by atoms with Gasteiger partial charge in [0, 0.05) is 18.2 Å². The second-order valence-electron chi connectivity index (χ2n) is 3.81. The first-order chi connectivity index (χ1) is 6.52. The standard InChI is InChI=1S/C10H13NO2S/c1-14(12,13)10-8(9(10)11)7-5-3-2-4-6-7/h2-6,8-10H,11H2,1H3/t8-,9-,10-/m0/s1. The topological polar surface area (TPSA) is 60.2 Å². The van der Waals surface area contributed by atoms with E-state index in [1.165, 1.54) is 6.26 Å². The average molecular weight is 211 g/mol. The van der Waals surface area contributed by atoms with Gasteiger partial charge >= 0.3 is 0 Å². The highest BCUT2D eigenvalue weighted by molar-refractivity contribution is 7.91. The van der Waals surface area contributed by atoms with Crippen molar-refractivity contribution >= 4 is 9.84 Å². The van der Waals surface area contributed by atoms with Gasteiger partial charge in [0.05, 0.1) is 5.25 Å². The largest absolute Gasteiger partial charge is 0.326 e. The quantitative estimate of drug-likeness (QED) is 0.776. The first-order valence-electron chi connectivity index (χ1n) is 4.51. The van der Waals surface area contributed by atoms with Crippen LogP contribution < -0.4 is 5.73 Å². The van der Waals surface area contributed by atoms with Crippen molar-refractivity contribution in [3.05, 3.63) is 35.9 Å². The summed E-state index contributed by atoms with van der Waals surface area (Å²) >= 11 is 0. The smallest absolute Gasteiger partial charge is 0.152 e. The van der Waals surface area contributed by atoms with Gasteiger partial charge in [-0.1, -0.05) is 30.3 Å². The Labute approximate surface area is 83.9 Å². The minimum absolute atomic E-state index is 0.00815. The van der Waals surface area contributed by atoms with Crippen molar-refractivity contribution in [1.29, 1.82) is 0 Å². The van der Waals surface area contributed by atoms with Crippen LogP contribution in [0.4, 0.5) is 0 Å². The van der Waals surface area contributed by atoms with E-state index in [-0.39, 0.29) is 17.2 Å². The Morgan fingerprint density at radius 1 is 1.21 bits per heavy atom. The molecule has 1 aromatic carbocycles. The van der Waals surface area contributed by atoms with Gasteiger partial charge in [0.2, 0.25) is 0 Å². The third-order valence-electron chi connectivity index (χ3n) is 2.69. The van der Waals surface area contributed by atoms with Gasteiger partial charge in [0.1, 0.15) is 0 Å². The van der Waals surface area contributed by atoms with E-state index in [4.69, 9.17) is 5.73 Å². The normalized spacial score (nSPS) is 31.4. The fourth-order valence-electron chi connectivity index (χ4n) is 1.94. The molecular formula is C10H13NO2S. The number of rotatable bonds is 2. The first kappa shape index (κ1) is 9.68. The number of nitrogens with two attached hydrogens (primary N) is 1. The lowest BCUT2D eigenvalue weighted by Gasteiger charge is -1.97. The highest BCUT2D eigenvalue weighted by Crippen LogP contribution is 2.44. The Bertz CT molecular complexity index is 427. The summed E-state index contributed by atoms with van der Waals surface area (Å²) in [6, 6.07) is 9.34. The Hall–Kier alpha value is -0.870. The highest BCUT2D eigenvalue weighted by atomic mass is 32.2. The van der Waals surface area contributed by atoms with Crippen molar-refractivity contribution < 1.29 is 8.42 Å². The van der Waals surface area contributed by atoms with Crippen molar-refractivity contribution in [3.8, 4) is 0 Å². The van der Waals surface area contributed by atoms with Crippen LogP contribution in [0.5, 0.6) is 0 Å². The number of sulfone groups is 1. The summed E-state index contributed by atoms with van der Waals surface area (Å²) in [4.78, 5) is 0. The molecule has 3 nitrogen and oxygen atoms in total. The van der Waals surface area contributed by atoms with Gasteiger partial charge in [-0.25, -0.2) is 8.42 Å². The molecule has 0 spiro atoms. The van der Waals surface area contributed by atoms with Crippen molar-refractivity contribution in [3.63, 3.8) is 0 Å². The summed E-state index contributed by atoms with van der Waals surface area (Å²) in [5, 5.41) is -0.384. The van der Waals surface area contributed by atoms with Crippen LogP contribution >= 0.6 is 0 Å². The molecule has 0 heterocycles. The van der Waals surface area contributed by atoms with E-state index >= 15 is 0 Å². The zero-order valence-electron chi connectivity index (χ0n) is 7.92. The molecule has 0 bridgehead atoms. The maximum atomic E-state index is 11.3. The van der Waals surface area contributed by atoms with E-state index in [9.17, 15) is 8.42 Å². The molecule has 0 aromatic heterocycles. The van der Waals surface area contributed by atoms with E-state index in [0.717, 1.165) is 5.56 Å². The molecule has 76 valence electrons. The first-order valence-corrected chi connectivity index (χ1v) is 6.46. The van der Waals surface area contributed by atoms with Crippen LogP contribution in [0.15, 0.2) is 30.3 Å². The van der Waals surface area contributed by atoms with Gasteiger partial charge in [0.15, 0.2) is 9.84 Å². The predicted molar refractivity (Wildman–Crippen MR) is 55.8 cm³/mol. The molecule has 0 aliphatic heterocycles. The highest BCUT2D eigenvalue weighted by Gasteiger charge is 2.54. The Kier molecular flexibility index (Phi) is 2.12. The number of hydrogen-bond acceptors (Lipinski definition) is 3. The lowest BCUT2D eigenvalue weighted by molar-refractivity contribution is 0.599. The SMILES string of the molecule is CS(=O)(=O)[C@@H]1[C@@H](N)[C@@H]1c1ccccc1. The van der Waals surface area contributed by atoms with Crippen LogP contribution in [0.25, 0.3) is 0 Å². The fraction of sp³-hybridized carbons (Fsp3) is 0.400. The third-order valence-corrected chi connectivity index (χ3v) is 4.28. The summed E-state index contributed by atoms with van der Waals surface area (Å²) in [6.07, 6.45) is 1.25. The van der Waals surface area contributed by atoms with E-state index in [0.29, 0.717) is 0 Å². The molecule has 0 amide bonds. The van der Waals surface area contributed by atoms with E-state index in [1.54, 1.807) is 0 Å². The molecule has 0 unspecified atom stereocenters. The molecule has 1 saturated carbocycles. The molecule has 3 atom stereocenters. The molecule has 2 N–H and O–H groups in total. The number of benzene rings is 1. The second-order valence-corrected chi connectivity index (χ2v) is 6.01. The van der Waals surface area contributed by atoms with Gasteiger partial charge in [-0.15, -0.1) is 0 Å². The van der Waals surface area contributed by atoms with Crippen molar-refractivity contribution in [2.75, 3.05) is 6.26 Å². The van der Waals surface area contributed by atoms with Gasteiger partial charge < -0.3 is 5.73 Å². The van der Waals surface area contributed by atoms with Crippen LogP contribution in [-0.4, -0.2) is 26.0 Å². The summed E-state index contributed by atoms with van der Waals surface area (Å²) in [5.74, 6) is -0.00815. The summed E-state index contributed by atoms with van der Waals surface area (Å²) in [5.41, 5.74) is 6.77. The summed E-state index contributed by atoms with van der Waals surface area (Å²) in [6.45, 7) is 0. The second kappa shape index (κ2) is 3.07. The van der Waals surface area contributed by atoms with Gasteiger partial charge in [-0.05, 0) is 5.56 Å². The molecule has 1 aliphatic carbocycles. The van der Waals surface area contributed by atoms with Crippen LogP contribution in [-0.2, 0) is 9.84 Å². The van der Waals surface area contributed by atoms with Gasteiger partial charge in [0.25, 0.3) is 0 Å². The summed E-state index contributed by atoms with van der Waals surface area (Å²) in [7, 11) is -3.00. The third kappa shape index (κ3) is 1.55.